The average molecular weight is 1020 g/mol. The Labute approximate surface area is 461 Å². The summed E-state index contributed by atoms with van der Waals surface area (Å²) >= 11 is 0. The first-order valence-electron chi connectivity index (χ1n) is 27.0. The van der Waals surface area contributed by atoms with Crippen LogP contribution in [-0.2, 0) is 0 Å². The second-order valence-electron chi connectivity index (χ2n) is 20.4. The monoisotopic (exact) mass is 1020 g/mol. The Morgan fingerprint density at radius 2 is 0.688 bits per heavy atom. The Balaban J connectivity index is 0.000000139. The Kier molecular flexibility index (Phi) is 11.4. The first kappa shape index (κ1) is 46.5. The van der Waals surface area contributed by atoms with Gasteiger partial charge in [-0.25, -0.2) is 9.97 Å². The molecule has 372 valence electrons. The molecular formula is C75H47N5. The minimum atomic E-state index is 0.937. The predicted molar refractivity (Wildman–Crippen MR) is 335 cm³/mol. The first-order valence-corrected chi connectivity index (χ1v) is 27.0. The van der Waals surface area contributed by atoms with E-state index in [9.17, 15) is 0 Å². The van der Waals surface area contributed by atoms with Gasteiger partial charge in [0.25, 0.3) is 0 Å². The van der Waals surface area contributed by atoms with E-state index < -0.39 is 0 Å². The SMILES string of the molecule is c1ccc(-c2ccc3c(-c4ccc(-c5cccc6cccnc56)cc4)cc(-c4ccc5ccccc5c4)nc3c2)cc1.c1cnc2c(c1)ccc1ccc(-c3ccc4ccc(-c5ccc6ccc7cccnc7c6n5)cc4c3)cc12. The minimum Gasteiger partial charge on any atom is -0.256 e. The van der Waals surface area contributed by atoms with Crippen molar-refractivity contribution in [3.05, 3.63) is 286 Å². The van der Waals surface area contributed by atoms with Gasteiger partial charge in [0.05, 0.1) is 39.0 Å². The van der Waals surface area contributed by atoms with Crippen LogP contribution in [0.5, 0.6) is 0 Å². The molecule has 5 nitrogen and oxygen atoms in total. The molecule has 0 amide bonds. The number of fused-ring (bicyclic) bond motifs is 10. The van der Waals surface area contributed by atoms with E-state index in [0.29, 0.717) is 0 Å². The molecular weight excluding hydrogens is 971 g/mol. The number of rotatable bonds is 6. The highest BCUT2D eigenvalue weighted by atomic mass is 14.8. The standard InChI is InChI=1S/C40H26N2.C35H21N3/c1-2-8-27(9-3-1)33-21-22-36-37(26-38(42-39(36)25-33)34-20-15-28-10-4-5-11-32(28)24-34)30-18-16-29(17-19-30)35-14-6-12-31-13-7-23-41-40(31)35;1-3-24-9-7-23-8-13-28(21-31(23)33(24)36-17-1)27-12-5-22-6-14-29(20-30(22)19-27)32-16-15-26-11-10-25-4-2-18-37-34(25)35(26)38-32/h1-26H;1-21H. The van der Waals surface area contributed by atoms with Crippen molar-refractivity contribution in [1.29, 1.82) is 0 Å². The van der Waals surface area contributed by atoms with E-state index in [0.717, 1.165) is 99.3 Å². The molecule has 0 fully saturated rings. The molecule has 0 atom stereocenters. The maximum Gasteiger partial charge on any atom is 0.0972 e. The third kappa shape index (κ3) is 8.60. The summed E-state index contributed by atoms with van der Waals surface area (Å²) in [5, 5.41) is 12.9. The number of pyridine rings is 5. The smallest absolute Gasteiger partial charge is 0.0972 e. The summed E-state index contributed by atoms with van der Waals surface area (Å²) in [4.78, 5) is 24.2. The molecule has 0 spiro atoms. The van der Waals surface area contributed by atoms with Crippen LogP contribution in [0.15, 0.2) is 286 Å². The molecule has 5 aromatic heterocycles. The molecule has 0 aliphatic rings. The van der Waals surface area contributed by atoms with Gasteiger partial charge in [-0.3, -0.25) is 15.0 Å². The van der Waals surface area contributed by atoms with Crippen molar-refractivity contribution in [2.24, 2.45) is 0 Å². The van der Waals surface area contributed by atoms with Gasteiger partial charge in [-0.1, -0.05) is 206 Å². The van der Waals surface area contributed by atoms with Gasteiger partial charge < -0.3 is 0 Å². The van der Waals surface area contributed by atoms with Crippen LogP contribution in [0.25, 0.3) is 154 Å². The summed E-state index contributed by atoms with van der Waals surface area (Å²) in [6.07, 6.45) is 5.56. The van der Waals surface area contributed by atoms with Gasteiger partial charge in [-0.15, -0.1) is 0 Å². The normalized spacial score (nSPS) is 11.5. The number of hydrogen-bond donors (Lipinski definition) is 0. The molecule has 0 aliphatic carbocycles. The summed E-state index contributed by atoms with van der Waals surface area (Å²) in [6, 6.07) is 94.6. The van der Waals surface area contributed by atoms with Crippen molar-refractivity contribution in [3.8, 4) is 67.0 Å². The van der Waals surface area contributed by atoms with Crippen molar-refractivity contribution in [2.45, 2.75) is 0 Å². The Morgan fingerprint density at radius 3 is 1.46 bits per heavy atom. The molecule has 5 heteroatoms. The lowest BCUT2D eigenvalue weighted by Gasteiger charge is -2.13. The first-order chi connectivity index (χ1) is 39.6. The average Bonchev–Trinajstić information content (AvgIpc) is 3.56. The van der Waals surface area contributed by atoms with Crippen molar-refractivity contribution >= 4 is 86.8 Å². The second kappa shape index (κ2) is 19.7. The molecule has 5 heterocycles. The maximum atomic E-state index is 5.22. The van der Waals surface area contributed by atoms with E-state index in [1.807, 2.05) is 36.8 Å². The fourth-order valence-corrected chi connectivity index (χ4v) is 11.5. The van der Waals surface area contributed by atoms with Crippen LogP contribution in [-0.4, -0.2) is 24.9 Å². The van der Waals surface area contributed by atoms with Crippen molar-refractivity contribution in [2.75, 3.05) is 0 Å². The number of para-hydroxylation sites is 1. The lowest BCUT2D eigenvalue weighted by atomic mass is 9.94. The third-order valence-corrected chi connectivity index (χ3v) is 15.6. The molecule has 0 bridgehead atoms. The summed E-state index contributed by atoms with van der Waals surface area (Å²) < 4.78 is 0. The van der Waals surface area contributed by atoms with Crippen LogP contribution in [0.4, 0.5) is 0 Å². The van der Waals surface area contributed by atoms with Gasteiger partial charge in [0.15, 0.2) is 0 Å². The zero-order valence-corrected chi connectivity index (χ0v) is 43.4. The fourth-order valence-electron chi connectivity index (χ4n) is 11.5. The Morgan fingerprint density at radius 1 is 0.200 bits per heavy atom. The van der Waals surface area contributed by atoms with Gasteiger partial charge in [-0.2, -0.15) is 0 Å². The molecule has 0 radical (unpaired) electrons. The highest BCUT2D eigenvalue weighted by Crippen LogP contribution is 2.38. The van der Waals surface area contributed by atoms with Gasteiger partial charge in [0.2, 0.25) is 0 Å². The maximum absolute atomic E-state index is 5.22. The van der Waals surface area contributed by atoms with Crippen molar-refractivity contribution < 1.29 is 0 Å². The summed E-state index contributed by atoms with van der Waals surface area (Å²) in [7, 11) is 0. The molecule has 0 saturated heterocycles. The number of aromatic nitrogens is 5. The van der Waals surface area contributed by atoms with Gasteiger partial charge in [-0.05, 0) is 127 Å². The largest absolute Gasteiger partial charge is 0.256 e. The van der Waals surface area contributed by atoms with Gasteiger partial charge in [0, 0.05) is 67.6 Å². The van der Waals surface area contributed by atoms with Crippen LogP contribution in [0, 0.1) is 0 Å². The zero-order chi connectivity index (χ0) is 52.9. The topological polar surface area (TPSA) is 64.5 Å². The van der Waals surface area contributed by atoms with Crippen molar-refractivity contribution in [1.82, 2.24) is 24.9 Å². The van der Waals surface area contributed by atoms with Gasteiger partial charge >= 0.3 is 0 Å². The quantitative estimate of drug-likeness (QED) is 0.155. The van der Waals surface area contributed by atoms with E-state index in [2.05, 4.69) is 264 Å². The number of benzene rings is 11. The molecule has 11 aromatic carbocycles. The van der Waals surface area contributed by atoms with Crippen LogP contribution in [0.1, 0.15) is 0 Å². The molecule has 16 rings (SSSR count). The van der Waals surface area contributed by atoms with E-state index in [1.54, 1.807) is 0 Å². The summed E-state index contributed by atoms with van der Waals surface area (Å²) in [5.74, 6) is 0. The highest BCUT2D eigenvalue weighted by molar-refractivity contribution is 6.08. The molecule has 0 aliphatic heterocycles. The summed E-state index contributed by atoms with van der Waals surface area (Å²) in [6.45, 7) is 0. The number of nitrogens with zero attached hydrogens (tertiary/aromatic N) is 5. The highest BCUT2D eigenvalue weighted by Gasteiger charge is 2.15. The van der Waals surface area contributed by atoms with E-state index in [-0.39, 0.29) is 0 Å². The van der Waals surface area contributed by atoms with Crippen LogP contribution in [0.3, 0.4) is 0 Å². The number of hydrogen-bond acceptors (Lipinski definition) is 5. The molecule has 0 saturated carbocycles. The second-order valence-corrected chi connectivity index (χ2v) is 20.4. The Hall–Kier alpha value is -10.8. The van der Waals surface area contributed by atoms with Crippen LogP contribution in [0.2, 0.25) is 0 Å². The fraction of sp³-hybridized carbons (Fsp3) is 0. The Bertz CT molecular complexity index is 4910. The zero-order valence-electron chi connectivity index (χ0n) is 43.4. The van der Waals surface area contributed by atoms with Crippen LogP contribution < -0.4 is 0 Å². The van der Waals surface area contributed by atoms with Gasteiger partial charge in [0.1, 0.15) is 0 Å². The van der Waals surface area contributed by atoms with Crippen molar-refractivity contribution in [3.63, 3.8) is 0 Å². The molecule has 16 aromatic rings. The lowest BCUT2D eigenvalue weighted by molar-refractivity contribution is 1.37. The summed E-state index contributed by atoms with van der Waals surface area (Å²) in [5.41, 5.74) is 18.4. The van der Waals surface area contributed by atoms with Crippen LogP contribution >= 0.6 is 0 Å². The lowest BCUT2D eigenvalue weighted by Crippen LogP contribution is -1.91. The van der Waals surface area contributed by atoms with E-state index >= 15 is 0 Å². The molecule has 0 N–H and O–H groups in total. The third-order valence-electron chi connectivity index (χ3n) is 15.6. The molecule has 0 unspecified atom stereocenters. The molecule has 80 heavy (non-hydrogen) atoms. The van der Waals surface area contributed by atoms with E-state index in [1.165, 1.54) is 54.6 Å². The van der Waals surface area contributed by atoms with E-state index in [4.69, 9.17) is 9.97 Å². The minimum absolute atomic E-state index is 0.937. The predicted octanol–water partition coefficient (Wildman–Crippen LogP) is 19.6.